The normalized spacial score (nSPS) is 10.9. The number of amides is 2. The van der Waals surface area contributed by atoms with Gasteiger partial charge in [0.2, 0.25) is 11.7 Å². The van der Waals surface area contributed by atoms with Crippen molar-refractivity contribution in [2.75, 3.05) is 18.4 Å². The van der Waals surface area contributed by atoms with E-state index in [0.29, 0.717) is 36.1 Å². The van der Waals surface area contributed by atoms with E-state index in [-0.39, 0.29) is 18.4 Å². The lowest BCUT2D eigenvalue weighted by Crippen LogP contribution is -2.30. The van der Waals surface area contributed by atoms with Crippen LogP contribution in [0.25, 0.3) is 11.4 Å². The van der Waals surface area contributed by atoms with Crippen molar-refractivity contribution in [3.05, 3.63) is 59.7 Å². The van der Waals surface area contributed by atoms with Crippen LogP contribution in [0.2, 0.25) is 0 Å². The molecule has 0 aliphatic carbocycles. The highest BCUT2D eigenvalue weighted by Crippen LogP contribution is 2.19. The van der Waals surface area contributed by atoms with Crippen molar-refractivity contribution < 1.29 is 9.59 Å². The molecule has 0 saturated carbocycles. The molecule has 0 radical (unpaired) electrons. The van der Waals surface area contributed by atoms with Gasteiger partial charge in [-0.25, -0.2) is 0 Å². The molecule has 0 atom stereocenters. The van der Waals surface area contributed by atoms with E-state index in [1.165, 1.54) is 10.4 Å². The first kappa shape index (κ1) is 22.1. The number of carbonyl (C=O) groups excluding carboxylic acids is 2. The topological polar surface area (TPSA) is 93.0 Å². The number of hydrogen-bond donors (Lipinski definition) is 1. The fraction of sp³-hybridized carbons (Fsp3) is 0.348. The molecule has 0 aliphatic heterocycles. The zero-order valence-electron chi connectivity index (χ0n) is 18.4. The Bertz CT molecular complexity index is 1040. The van der Waals surface area contributed by atoms with Crippen LogP contribution in [-0.2, 0) is 11.3 Å². The van der Waals surface area contributed by atoms with E-state index in [0.717, 1.165) is 5.56 Å². The maximum absolute atomic E-state index is 12.5. The zero-order chi connectivity index (χ0) is 22.4. The predicted octanol–water partition coefficient (Wildman–Crippen LogP) is 3.58. The number of carbonyl (C=O) groups is 2. The Balaban J connectivity index is 1.64. The molecule has 3 rings (SSSR count). The first-order valence-electron chi connectivity index (χ1n) is 10.5. The summed E-state index contributed by atoms with van der Waals surface area (Å²) in [6.07, 6.45) is 0. The van der Waals surface area contributed by atoms with Crippen LogP contribution in [0.4, 0.5) is 5.69 Å². The second-order valence-corrected chi connectivity index (χ2v) is 7.53. The third kappa shape index (κ3) is 5.53. The van der Waals surface area contributed by atoms with Crippen molar-refractivity contribution in [1.82, 2.24) is 25.1 Å². The number of benzene rings is 2. The maximum atomic E-state index is 12.5. The largest absolute Gasteiger partial charge is 0.339 e. The molecule has 162 valence electrons. The second kappa shape index (κ2) is 9.97. The van der Waals surface area contributed by atoms with Gasteiger partial charge in [-0.05, 0) is 48.7 Å². The highest BCUT2D eigenvalue weighted by atomic mass is 16.2. The van der Waals surface area contributed by atoms with Gasteiger partial charge in [-0.1, -0.05) is 44.2 Å². The lowest BCUT2D eigenvalue weighted by Gasteiger charge is -2.19. The highest BCUT2D eigenvalue weighted by molar-refractivity contribution is 5.97. The molecule has 2 aromatic carbocycles. The Hall–Kier alpha value is -3.55. The first-order chi connectivity index (χ1) is 14.9. The molecular formula is C23H28N6O2. The van der Waals surface area contributed by atoms with Gasteiger partial charge in [-0.2, -0.15) is 4.80 Å². The van der Waals surface area contributed by atoms with E-state index in [4.69, 9.17) is 0 Å². The molecule has 31 heavy (non-hydrogen) atoms. The summed E-state index contributed by atoms with van der Waals surface area (Å²) in [5.41, 5.74) is 3.16. The van der Waals surface area contributed by atoms with E-state index >= 15 is 0 Å². The summed E-state index contributed by atoms with van der Waals surface area (Å²) in [6, 6.07) is 14.9. The molecule has 0 spiro atoms. The lowest BCUT2D eigenvalue weighted by molar-refractivity contribution is -0.117. The van der Waals surface area contributed by atoms with Gasteiger partial charge in [0, 0.05) is 29.9 Å². The van der Waals surface area contributed by atoms with Crippen LogP contribution in [-0.4, -0.2) is 50.0 Å². The lowest BCUT2D eigenvalue weighted by atomic mass is 10.0. The van der Waals surface area contributed by atoms with Gasteiger partial charge in [0.05, 0.1) is 0 Å². The molecule has 0 unspecified atom stereocenters. The first-order valence-corrected chi connectivity index (χ1v) is 10.5. The predicted molar refractivity (Wildman–Crippen MR) is 120 cm³/mol. The highest BCUT2D eigenvalue weighted by Gasteiger charge is 2.14. The third-order valence-corrected chi connectivity index (χ3v) is 5.02. The Morgan fingerprint density at radius 2 is 1.77 bits per heavy atom. The van der Waals surface area contributed by atoms with Gasteiger partial charge in [0.25, 0.3) is 5.91 Å². The fourth-order valence-corrected chi connectivity index (χ4v) is 3.20. The number of rotatable bonds is 8. The molecule has 3 aromatic rings. The van der Waals surface area contributed by atoms with Gasteiger partial charge in [-0.15, -0.1) is 10.2 Å². The molecule has 1 N–H and O–H groups in total. The Labute approximate surface area is 182 Å². The van der Waals surface area contributed by atoms with E-state index in [1.807, 2.05) is 38.1 Å². The molecule has 0 saturated heterocycles. The monoisotopic (exact) mass is 420 g/mol. The summed E-state index contributed by atoms with van der Waals surface area (Å²) in [5, 5.41) is 15.1. The molecule has 1 aromatic heterocycles. The molecule has 0 fully saturated rings. The smallest absolute Gasteiger partial charge is 0.253 e. The minimum atomic E-state index is -0.299. The Morgan fingerprint density at radius 1 is 1.06 bits per heavy atom. The van der Waals surface area contributed by atoms with E-state index in [1.54, 1.807) is 29.2 Å². The SMILES string of the molecule is CCN(CC)C(=O)c1cccc(NC(=O)Cn2nnc(-c3ccc(C(C)C)cc3)n2)c1. The van der Waals surface area contributed by atoms with Crippen LogP contribution in [0, 0.1) is 0 Å². The summed E-state index contributed by atoms with van der Waals surface area (Å²) in [6.45, 7) is 9.33. The van der Waals surface area contributed by atoms with E-state index < -0.39 is 0 Å². The molecule has 0 bridgehead atoms. The quantitative estimate of drug-likeness (QED) is 0.601. The minimum Gasteiger partial charge on any atom is -0.339 e. The number of aromatic nitrogens is 4. The van der Waals surface area contributed by atoms with Crippen molar-refractivity contribution in [2.24, 2.45) is 0 Å². The fourth-order valence-electron chi connectivity index (χ4n) is 3.20. The van der Waals surface area contributed by atoms with Gasteiger partial charge in [0.1, 0.15) is 6.54 Å². The summed E-state index contributed by atoms with van der Waals surface area (Å²) >= 11 is 0. The molecule has 0 aliphatic rings. The number of tetrazole rings is 1. The number of anilines is 1. The molecule has 1 heterocycles. The Morgan fingerprint density at radius 3 is 2.42 bits per heavy atom. The van der Waals surface area contributed by atoms with Gasteiger partial charge in [-0.3, -0.25) is 9.59 Å². The van der Waals surface area contributed by atoms with Crippen LogP contribution in [0.1, 0.15) is 49.5 Å². The van der Waals surface area contributed by atoms with Crippen LogP contribution < -0.4 is 5.32 Å². The van der Waals surface area contributed by atoms with Gasteiger partial charge >= 0.3 is 0 Å². The van der Waals surface area contributed by atoms with E-state index in [2.05, 4.69) is 34.6 Å². The van der Waals surface area contributed by atoms with Crippen molar-refractivity contribution in [1.29, 1.82) is 0 Å². The molecule has 8 nitrogen and oxygen atoms in total. The molecular weight excluding hydrogens is 392 g/mol. The second-order valence-electron chi connectivity index (χ2n) is 7.53. The third-order valence-electron chi connectivity index (χ3n) is 5.02. The average molecular weight is 421 g/mol. The number of hydrogen-bond acceptors (Lipinski definition) is 5. The van der Waals surface area contributed by atoms with Crippen molar-refractivity contribution in [3.8, 4) is 11.4 Å². The van der Waals surface area contributed by atoms with Gasteiger partial charge < -0.3 is 10.2 Å². The number of nitrogens with one attached hydrogen (secondary N) is 1. The number of nitrogens with zero attached hydrogens (tertiary/aromatic N) is 5. The molecule has 2 amide bonds. The van der Waals surface area contributed by atoms with E-state index in [9.17, 15) is 9.59 Å². The van der Waals surface area contributed by atoms with Crippen molar-refractivity contribution >= 4 is 17.5 Å². The minimum absolute atomic E-state index is 0.0628. The average Bonchev–Trinajstić information content (AvgIpc) is 3.23. The zero-order valence-corrected chi connectivity index (χ0v) is 18.4. The summed E-state index contributed by atoms with van der Waals surface area (Å²) in [7, 11) is 0. The summed E-state index contributed by atoms with van der Waals surface area (Å²) < 4.78 is 0. The molecule has 8 heteroatoms. The summed E-state index contributed by atoms with van der Waals surface area (Å²) in [4.78, 5) is 27.9. The standard InChI is InChI=1S/C23H28N6O2/c1-5-28(6-2)23(31)19-8-7-9-20(14-19)24-21(30)15-29-26-22(25-27-29)18-12-10-17(11-13-18)16(3)4/h7-14,16H,5-6,15H2,1-4H3,(H,24,30). The van der Waals surface area contributed by atoms with Crippen LogP contribution >= 0.6 is 0 Å². The van der Waals surface area contributed by atoms with Crippen LogP contribution in [0.3, 0.4) is 0 Å². The van der Waals surface area contributed by atoms with Crippen molar-refractivity contribution in [2.45, 2.75) is 40.2 Å². The Kier molecular flexibility index (Phi) is 7.12. The van der Waals surface area contributed by atoms with Gasteiger partial charge in [0.15, 0.2) is 0 Å². The van der Waals surface area contributed by atoms with Crippen LogP contribution in [0.5, 0.6) is 0 Å². The summed E-state index contributed by atoms with van der Waals surface area (Å²) in [5.74, 6) is 0.552. The van der Waals surface area contributed by atoms with Crippen molar-refractivity contribution in [3.63, 3.8) is 0 Å². The van der Waals surface area contributed by atoms with Crippen LogP contribution in [0.15, 0.2) is 48.5 Å². The maximum Gasteiger partial charge on any atom is 0.253 e.